The van der Waals surface area contributed by atoms with E-state index in [1.165, 1.54) is 25.3 Å². The number of non-ortho nitro benzene ring substituents is 1. The van der Waals surface area contributed by atoms with Gasteiger partial charge in [0.25, 0.3) is 16.8 Å². The zero-order valence-corrected chi connectivity index (χ0v) is 20.6. The first-order chi connectivity index (χ1) is 18.3. The maximum Gasteiger partial charge on any atom is 0.318 e. The third-order valence-corrected chi connectivity index (χ3v) is 6.16. The van der Waals surface area contributed by atoms with Crippen molar-refractivity contribution >= 4 is 40.4 Å². The monoisotopic (exact) mass is 537 g/mol. The van der Waals surface area contributed by atoms with E-state index in [0.717, 1.165) is 34.9 Å². The van der Waals surface area contributed by atoms with Crippen molar-refractivity contribution in [3.8, 4) is 23.0 Å². The number of hydrogen-bond donors (Lipinski definition) is 0. The highest BCUT2D eigenvalue weighted by molar-refractivity contribution is 8.18. The van der Waals surface area contributed by atoms with Crippen LogP contribution in [0.15, 0.2) is 71.6 Å². The maximum absolute atomic E-state index is 12.8. The predicted molar refractivity (Wildman–Crippen MR) is 137 cm³/mol. The molecule has 0 N–H and O–H groups in total. The molecule has 0 aliphatic carbocycles. The van der Waals surface area contributed by atoms with Crippen LogP contribution in [-0.4, -0.2) is 46.2 Å². The molecule has 0 spiro atoms. The summed E-state index contributed by atoms with van der Waals surface area (Å²) < 4.78 is 16.5. The van der Waals surface area contributed by atoms with Gasteiger partial charge in [0, 0.05) is 6.07 Å². The number of carbonyl (C=O) groups excluding carboxylic acids is 2. The van der Waals surface area contributed by atoms with Crippen molar-refractivity contribution in [2.45, 2.75) is 0 Å². The maximum atomic E-state index is 12.8. The van der Waals surface area contributed by atoms with Gasteiger partial charge < -0.3 is 14.2 Å². The third kappa shape index (κ3) is 5.90. The number of hydrogen-bond acceptors (Lipinski definition) is 10. The van der Waals surface area contributed by atoms with Gasteiger partial charge in [0.2, 0.25) is 5.75 Å². The van der Waals surface area contributed by atoms with Crippen LogP contribution >= 0.6 is 11.8 Å². The molecular formula is C25H19N3O9S. The molecule has 4 rings (SSSR count). The number of nitrogens with zero attached hydrogens (tertiary/aromatic N) is 3. The number of para-hydroxylation sites is 1. The first kappa shape index (κ1) is 26.2. The zero-order chi connectivity index (χ0) is 27.2. The molecule has 0 atom stereocenters. The van der Waals surface area contributed by atoms with Gasteiger partial charge in [0.05, 0.1) is 34.5 Å². The standard InChI is InChI=1S/C25H19N3O9S/c1-35-21-9-7-16(13-22(21)37-20-10-8-17(27(31)32)15-19(20)28(33)34)14-23-24(29)26(25(30)38-23)11-12-36-18-5-3-2-4-6-18/h2-10,13-15H,11-12H2,1H3/b23-14-. The normalized spacial score (nSPS) is 14.0. The summed E-state index contributed by atoms with van der Waals surface area (Å²) in [5.41, 5.74) is -0.614. The number of benzene rings is 3. The summed E-state index contributed by atoms with van der Waals surface area (Å²) in [5, 5.41) is 22.0. The summed E-state index contributed by atoms with van der Waals surface area (Å²) in [7, 11) is 1.37. The SMILES string of the molecule is COc1ccc(/C=C2\SC(=O)N(CCOc3ccccc3)C2=O)cc1Oc1ccc([N+](=O)[O-])cc1[N+](=O)[O-]. The van der Waals surface area contributed by atoms with Crippen molar-refractivity contribution in [2.24, 2.45) is 0 Å². The Morgan fingerprint density at radius 2 is 1.66 bits per heavy atom. The molecule has 0 aromatic heterocycles. The molecule has 3 aromatic rings. The van der Waals surface area contributed by atoms with Crippen LogP contribution in [0.1, 0.15) is 5.56 Å². The topological polar surface area (TPSA) is 151 Å². The molecule has 3 aromatic carbocycles. The zero-order valence-electron chi connectivity index (χ0n) is 19.8. The Labute approximate surface area is 219 Å². The number of amides is 2. The van der Waals surface area contributed by atoms with Crippen LogP contribution in [0, 0.1) is 20.2 Å². The second-order valence-electron chi connectivity index (χ2n) is 7.67. The summed E-state index contributed by atoms with van der Waals surface area (Å²) in [4.78, 5) is 47.5. The average molecular weight is 538 g/mol. The van der Waals surface area contributed by atoms with Gasteiger partial charge in [-0.3, -0.25) is 34.7 Å². The molecule has 13 heteroatoms. The molecule has 38 heavy (non-hydrogen) atoms. The number of nitro benzene ring substituents is 2. The minimum atomic E-state index is -0.795. The summed E-state index contributed by atoms with van der Waals surface area (Å²) in [5.74, 6) is 0.180. The van der Waals surface area contributed by atoms with Gasteiger partial charge in [-0.2, -0.15) is 0 Å². The van der Waals surface area contributed by atoms with Crippen molar-refractivity contribution in [2.75, 3.05) is 20.3 Å². The van der Waals surface area contributed by atoms with E-state index in [1.54, 1.807) is 18.2 Å². The van der Waals surface area contributed by atoms with E-state index in [4.69, 9.17) is 14.2 Å². The van der Waals surface area contributed by atoms with Crippen molar-refractivity contribution in [1.82, 2.24) is 4.90 Å². The fraction of sp³-hybridized carbons (Fsp3) is 0.120. The molecule has 1 aliphatic rings. The lowest BCUT2D eigenvalue weighted by molar-refractivity contribution is -0.394. The number of ether oxygens (including phenoxy) is 3. The van der Waals surface area contributed by atoms with Gasteiger partial charge in [0.1, 0.15) is 12.4 Å². The smallest absolute Gasteiger partial charge is 0.318 e. The highest BCUT2D eigenvalue weighted by Crippen LogP contribution is 2.39. The Balaban J connectivity index is 1.53. The van der Waals surface area contributed by atoms with E-state index < -0.39 is 32.4 Å². The molecule has 1 saturated heterocycles. The van der Waals surface area contributed by atoms with Gasteiger partial charge >= 0.3 is 5.69 Å². The highest BCUT2D eigenvalue weighted by atomic mass is 32.2. The van der Waals surface area contributed by atoms with E-state index in [2.05, 4.69) is 0 Å². The largest absolute Gasteiger partial charge is 0.493 e. The van der Waals surface area contributed by atoms with Gasteiger partial charge in [0.15, 0.2) is 11.5 Å². The van der Waals surface area contributed by atoms with Crippen molar-refractivity contribution in [3.05, 3.63) is 97.4 Å². The van der Waals surface area contributed by atoms with Crippen LogP contribution in [0.2, 0.25) is 0 Å². The van der Waals surface area contributed by atoms with Crippen LogP contribution in [-0.2, 0) is 4.79 Å². The average Bonchev–Trinajstić information content (AvgIpc) is 3.16. The van der Waals surface area contributed by atoms with Crippen LogP contribution in [0.5, 0.6) is 23.0 Å². The minimum absolute atomic E-state index is 0.0636. The molecule has 1 fully saturated rings. The number of thioether (sulfide) groups is 1. The Morgan fingerprint density at radius 3 is 2.34 bits per heavy atom. The fourth-order valence-electron chi connectivity index (χ4n) is 3.45. The van der Waals surface area contributed by atoms with E-state index in [1.807, 2.05) is 18.2 Å². The molecule has 0 saturated carbocycles. The summed E-state index contributed by atoms with van der Waals surface area (Å²) in [6.45, 7) is 0.196. The number of nitro groups is 2. The summed E-state index contributed by atoms with van der Waals surface area (Å²) in [6.07, 6.45) is 1.49. The van der Waals surface area contributed by atoms with Gasteiger partial charge in [-0.1, -0.05) is 24.3 Å². The number of methoxy groups -OCH3 is 1. The van der Waals surface area contributed by atoms with E-state index in [0.29, 0.717) is 11.3 Å². The Hall–Kier alpha value is -4.91. The molecular weight excluding hydrogens is 518 g/mol. The molecule has 194 valence electrons. The van der Waals surface area contributed by atoms with Crippen molar-refractivity contribution < 1.29 is 33.6 Å². The molecule has 1 aliphatic heterocycles. The van der Waals surface area contributed by atoms with Crippen molar-refractivity contribution in [3.63, 3.8) is 0 Å². The van der Waals surface area contributed by atoms with Gasteiger partial charge in [-0.15, -0.1) is 0 Å². The number of carbonyl (C=O) groups is 2. The lowest BCUT2D eigenvalue weighted by Gasteiger charge is -2.13. The van der Waals surface area contributed by atoms with Gasteiger partial charge in [-0.05, 0) is 53.7 Å². The Bertz CT molecular complexity index is 1440. The summed E-state index contributed by atoms with van der Waals surface area (Å²) >= 11 is 0.771. The minimum Gasteiger partial charge on any atom is -0.493 e. The molecule has 2 amide bonds. The molecule has 0 radical (unpaired) electrons. The van der Waals surface area contributed by atoms with E-state index in [9.17, 15) is 29.8 Å². The third-order valence-electron chi connectivity index (χ3n) is 5.26. The fourth-order valence-corrected chi connectivity index (χ4v) is 4.31. The quantitative estimate of drug-likeness (QED) is 0.186. The molecule has 1 heterocycles. The van der Waals surface area contributed by atoms with Gasteiger partial charge in [-0.25, -0.2) is 0 Å². The van der Waals surface area contributed by atoms with Crippen LogP contribution in [0.25, 0.3) is 6.08 Å². The highest BCUT2D eigenvalue weighted by Gasteiger charge is 2.35. The lowest BCUT2D eigenvalue weighted by atomic mass is 10.1. The molecule has 0 bridgehead atoms. The second-order valence-corrected chi connectivity index (χ2v) is 8.67. The first-order valence-corrected chi connectivity index (χ1v) is 11.8. The Kier molecular flexibility index (Phi) is 7.87. The van der Waals surface area contributed by atoms with E-state index in [-0.39, 0.29) is 35.3 Å². The number of rotatable bonds is 10. The number of imide groups is 1. The molecule has 12 nitrogen and oxygen atoms in total. The second kappa shape index (κ2) is 11.4. The van der Waals surface area contributed by atoms with Crippen LogP contribution in [0.4, 0.5) is 16.2 Å². The summed E-state index contributed by atoms with van der Waals surface area (Å²) in [6, 6.07) is 16.6. The van der Waals surface area contributed by atoms with E-state index >= 15 is 0 Å². The molecule has 0 unspecified atom stereocenters. The predicted octanol–water partition coefficient (Wildman–Crippen LogP) is 5.42. The van der Waals surface area contributed by atoms with Crippen molar-refractivity contribution in [1.29, 1.82) is 0 Å². The first-order valence-electron chi connectivity index (χ1n) is 11.0. The lowest BCUT2D eigenvalue weighted by Crippen LogP contribution is -2.32. The van der Waals surface area contributed by atoms with Crippen LogP contribution in [0.3, 0.4) is 0 Å². The Morgan fingerprint density at radius 1 is 0.921 bits per heavy atom. The van der Waals surface area contributed by atoms with Crippen LogP contribution < -0.4 is 14.2 Å².